The molecule has 0 aliphatic carbocycles. The Morgan fingerprint density at radius 2 is 0.962 bits per heavy atom. The lowest BCUT2D eigenvalue weighted by Gasteiger charge is -2.06. The lowest BCUT2D eigenvalue weighted by Crippen LogP contribution is -2.07. The van der Waals surface area contributed by atoms with E-state index >= 15 is 0 Å². The van der Waals surface area contributed by atoms with Crippen LogP contribution in [0.3, 0.4) is 0 Å². The van der Waals surface area contributed by atoms with Crippen LogP contribution in [0.15, 0.2) is 70.9 Å². The monoisotopic (exact) mass is 352 g/mol. The molecule has 2 N–H and O–H groups in total. The van der Waals surface area contributed by atoms with Gasteiger partial charge in [0.05, 0.1) is 24.3 Å². The first-order chi connectivity index (χ1) is 12.6. The fourth-order valence-electron chi connectivity index (χ4n) is 2.34. The number of rotatable bonds is 9. The summed E-state index contributed by atoms with van der Waals surface area (Å²) < 4.78 is 0. The molecule has 134 valence electrons. The largest absolute Gasteiger partial charge is 0.481 e. The Kier molecular flexibility index (Phi) is 7.24. The Balaban J connectivity index is 2.35. The summed E-state index contributed by atoms with van der Waals surface area (Å²) in [7, 11) is 0. The summed E-state index contributed by atoms with van der Waals surface area (Å²) in [6, 6.07) is 18.5. The van der Waals surface area contributed by atoms with Crippen molar-refractivity contribution in [3.05, 3.63) is 71.8 Å². The van der Waals surface area contributed by atoms with E-state index in [1.807, 2.05) is 60.7 Å². The van der Waals surface area contributed by atoms with Crippen molar-refractivity contribution in [2.24, 2.45) is 10.2 Å². The zero-order valence-corrected chi connectivity index (χ0v) is 14.2. The topological polar surface area (TPSA) is 99.3 Å². The molecule has 0 aliphatic rings. The Bertz CT molecular complexity index is 730. The highest BCUT2D eigenvalue weighted by atomic mass is 16.4. The van der Waals surface area contributed by atoms with Crippen LogP contribution in [0, 0.1) is 0 Å². The summed E-state index contributed by atoms with van der Waals surface area (Å²) >= 11 is 0. The highest BCUT2D eigenvalue weighted by Crippen LogP contribution is 2.11. The van der Waals surface area contributed by atoms with Gasteiger partial charge in [-0.3, -0.25) is 9.59 Å². The minimum absolute atomic E-state index is 0.0565. The van der Waals surface area contributed by atoms with Gasteiger partial charge in [-0.1, -0.05) is 60.7 Å². The Morgan fingerprint density at radius 3 is 1.27 bits per heavy atom. The van der Waals surface area contributed by atoms with E-state index in [0.29, 0.717) is 11.4 Å². The van der Waals surface area contributed by atoms with E-state index in [1.165, 1.54) is 0 Å². The summed E-state index contributed by atoms with van der Waals surface area (Å²) in [6.45, 7) is 0. The average Bonchev–Trinajstić information content (AvgIpc) is 2.65. The van der Waals surface area contributed by atoms with Crippen LogP contribution < -0.4 is 0 Å². The van der Waals surface area contributed by atoms with Crippen LogP contribution >= 0.6 is 0 Å². The fraction of sp³-hybridized carbons (Fsp3) is 0.200. The highest BCUT2D eigenvalue weighted by Gasteiger charge is 2.09. The molecule has 0 aromatic heterocycles. The number of carboxylic acids is 2. The third-order valence-electron chi connectivity index (χ3n) is 3.66. The van der Waals surface area contributed by atoms with Gasteiger partial charge in [-0.25, -0.2) is 0 Å². The predicted molar refractivity (Wildman–Crippen MR) is 99.7 cm³/mol. The molecule has 2 rings (SSSR count). The van der Waals surface area contributed by atoms with E-state index in [2.05, 4.69) is 10.2 Å². The third-order valence-corrected chi connectivity index (χ3v) is 3.66. The molecule has 26 heavy (non-hydrogen) atoms. The Morgan fingerprint density at radius 1 is 0.615 bits per heavy atom. The SMILES string of the molecule is O=C(O)CC/C(=N\N=C(/CCC(=O)O)c1ccccc1)c1ccccc1. The Hall–Kier alpha value is -3.28. The molecule has 0 amide bonds. The van der Waals surface area contributed by atoms with Crippen LogP contribution in [0.2, 0.25) is 0 Å². The zero-order chi connectivity index (χ0) is 18.8. The van der Waals surface area contributed by atoms with Gasteiger partial charge < -0.3 is 10.2 Å². The van der Waals surface area contributed by atoms with Crippen molar-refractivity contribution in [3.63, 3.8) is 0 Å². The molecule has 6 nitrogen and oxygen atoms in total. The molecule has 0 fully saturated rings. The lowest BCUT2D eigenvalue weighted by atomic mass is 10.1. The van der Waals surface area contributed by atoms with Crippen LogP contribution in [0.1, 0.15) is 36.8 Å². The van der Waals surface area contributed by atoms with Crippen LogP contribution in [0.4, 0.5) is 0 Å². The van der Waals surface area contributed by atoms with Gasteiger partial charge >= 0.3 is 11.9 Å². The molecular weight excluding hydrogens is 332 g/mol. The van der Waals surface area contributed by atoms with E-state index in [9.17, 15) is 9.59 Å². The number of hydrogen-bond donors (Lipinski definition) is 2. The third kappa shape index (κ3) is 6.32. The van der Waals surface area contributed by atoms with Crippen LogP contribution in [0.5, 0.6) is 0 Å². The molecule has 0 spiro atoms. The van der Waals surface area contributed by atoms with Crippen molar-refractivity contribution in [3.8, 4) is 0 Å². The normalized spacial score (nSPS) is 12.0. The summed E-state index contributed by atoms with van der Waals surface area (Å²) in [6.07, 6.45) is 0.367. The second kappa shape index (κ2) is 9.88. The van der Waals surface area contributed by atoms with Gasteiger partial charge in [-0.05, 0) is 11.1 Å². The average molecular weight is 352 g/mol. The standard InChI is InChI=1S/C20H20N2O4/c23-19(24)13-11-17(15-7-3-1-4-8-15)21-22-18(12-14-20(25)26)16-9-5-2-6-10-16/h1-10H,11-14H2,(H,23,24)(H,25,26)/b21-17+,22-18+. The van der Waals surface area contributed by atoms with Crippen molar-refractivity contribution in [2.75, 3.05) is 0 Å². The summed E-state index contributed by atoms with van der Waals surface area (Å²) in [5, 5.41) is 26.4. The minimum atomic E-state index is -0.910. The van der Waals surface area contributed by atoms with E-state index in [1.54, 1.807) is 0 Å². The van der Waals surface area contributed by atoms with Crippen molar-refractivity contribution in [1.82, 2.24) is 0 Å². The molecule has 0 heterocycles. The number of benzene rings is 2. The number of carbonyl (C=O) groups is 2. The van der Waals surface area contributed by atoms with Gasteiger partial charge in [0.2, 0.25) is 0 Å². The van der Waals surface area contributed by atoms with Crippen LogP contribution in [-0.4, -0.2) is 33.6 Å². The molecule has 0 saturated carbocycles. The lowest BCUT2D eigenvalue weighted by molar-refractivity contribution is -0.137. The smallest absolute Gasteiger partial charge is 0.303 e. The zero-order valence-electron chi connectivity index (χ0n) is 14.2. The maximum absolute atomic E-state index is 10.9. The van der Waals surface area contributed by atoms with Gasteiger partial charge in [0.1, 0.15) is 0 Å². The summed E-state index contributed by atoms with van der Waals surface area (Å²) in [5.74, 6) is -1.82. The maximum Gasteiger partial charge on any atom is 0.303 e. The molecule has 0 saturated heterocycles. The molecule has 2 aromatic rings. The highest BCUT2D eigenvalue weighted by molar-refractivity contribution is 6.04. The van der Waals surface area contributed by atoms with E-state index < -0.39 is 11.9 Å². The predicted octanol–water partition coefficient (Wildman–Crippen LogP) is 3.61. The molecule has 2 aromatic carbocycles. The molecule has 0 atom stereocenters. The molecule has 0 radical (unpaired) electrons. The van der Waals surface area contributed by atoms with Crippen molar-refractivity contribution < 1.29 is 19.8 Å². The minimum Gasteiger partial charge on any atom is -0.481 e. The summed E-state index contributed by atoms with van der Waals surface area (Å²) in [4.78, 5) is 21.8. The fourth-order valence-corrected chi connectivity index (χ4v) is 2.34. The number of carboxylic acid groups (broad SMARTS) is 2. The second-order valence-corrected chi connectivity index (χ2v) is 5.61. The quantitative estimate of drug-likeness (QED) is 0.532. The number of hydrogen-bond acceptors (Lipinski definition) is 4. The summed E-state index contributed by atoms with van der Waals surface area (Å²) in [5.41, 5.74) is 2.69. The van der Waals surface area contributed by atoms with Crippen molar-refractivity contribution in [1.29, 1.82) is 0 Å². The van der Waals surface area contributed by atoms with Crippen molar-refractivity contribution >= 4 is 23.4 Å². The maximum atomic E-state index is 10.9. The first-order valence-electron chi connectivity index (χ1n) is 8.24. The van der Waals surface area contributed by atoms with Crippen molar-refractivity contribution in [2.45, 2.75) is 25.7 Å². The van der Waals surface area contributed by atoms with E-state index in [4.69, 9.17) is 10.2 Å². The van der Waals surface area contributed by atoms with Gasteiger partial charge in [0.15, 0.2) is 0 Å². The molecule has 0 bridgehead atoms. The molecule has 0 aliphatic heterocycles. The van der Waals surface area contributed by atoms with Gasteiger partial charge in [0, 0.05) is 12.8 Å². The van der Waals surface area contributed by atoms with E-state index in [-0.39, 0.29) is 25.7 Å². The van der Waals surface area contributed by atoms with Crippen LogP contribution in [0.25, 0.3) is 0 Å². The van der Waals surface area contributed by atoms with E-state index in [0.717, 1.165) is 11.1 Å². The van der Waals surface area contributed by atoms with Gasteiger partial charge in [0.25, 0.3) is 0 Å². The van der Waals surface area contributed by atoms with Gasteiger partial charge in [-0.2, -0.15) is 10.2 Å². The number of nitrogens with zero attached hydrogens (tertiary/aromatic N) is 2. The first kappa shape index (κ1) is 19.1. The number of aliphatic carboxylic acids is 2. The first-order valence-corrected chi connectivity index (χ1v) is 8.24. The van der Waals surface area contributed by atoms with Crippen LogP contribution in [-0.2, 0) is 9.59 Å². The molecular formula is C20H20N2O4. The molecule has 0 unspecified atom stereocenters. The molecule has 6 heteroatoms. The van der Waals surface area contributed by atoms with Gasteiger partial charge in [-0.15, -0.1) is 0 Å². The second-order valence-electron chi connectivity index (χ2n) is 5.61. The Labute approximate surface area is 151 Å².